The number of ether oxygens (including phenoxy) is 1. The molecule has 0 unspecified atom stereocenters. The van der Waals surface area contributed by atoms with Crippen LogP contribution in [0.4, 0.5) is 0 Å². The molecule has 7 nitrogen and oxygen atoms in total. The Hall–Kier alpha value is -3.61. The molecule has 1 amide bonds. The Labute approximate surface area is 167 Å². The van der Waals surface area contributed by atoms with Crippen LogP contribution in [0.2, 0.25) is 0 Å². The van der Waals surface area contributed by atoms with E-state index in [2.05, 4.69) is 20.5 Å². The summed E-state index contributed by atoms with van der Waals surface area (Å²) in [5.41, 5.74) is 4.59. The second kappa shape index (κ2) is 7.09. The molecule has 146 valence electrons. The lowest BCUT2D eigenvalue weighted by atomic mass is 10.2. The maximum absolute atomic E-state index is 12.6. The van der Waals surface area contributed by atoms with E-state index in [0.717, 1.165) is 22.7 Å². The van der Waals surface area contributed by atoms with Gasteiger partial charge in [0.1, 0.15) is 11.3 Å². The lowest BCUT2D eigenvalue weighted by molar-refractivity contribution is 0.0950. The Morgan fingerprint density at radius 1 is 1.24 bits per heavy atom. The Kier molecular flexibility index (Phi) is 4.27. The molecule has 1 fully saturated rings. The maximum atomic E-state index is 12.6. The zero-order valence-corrected chi connectivity index (χ0v) is 15.9. The first-order chi connectivity index (χ1) is 14.2. The molecule has 2 heterocycles. The van der Waals surface area contributed by atoms with Crippen molar-refractivity contribution in [2.75, 3.05) is 7.11 Å². The van der Waals surface area contributed by atoms with Crippen LogP contribution in [0.5, 0.6) is 5.75 Å². The van der Waals surface area contributed by atoms with Crippen molar-refractivity contribution >= 4 is 17.0 Å². The zero-order chi connectivity index (χ0) is 19.8. The molecule has 5 rings (SSSR count). The summed E-state index contributed by atoms with van der Waals surface area (Å²) in [6.45, 7) is 0.405. The van der Waals surface area contributed by atoms with Crippen molar-refractivity contribution in [2.45, 2.75) is 25.3 Å². The quantitative estimate of drug-likeness (QED) is 0.520. The van der Waals surface area contributed by atoms with Gasteiger partial charge in [-0.25, -0.2) is 4.98 Å². The van der Waals surface area contributed by atoms with Crippen LogP contribution in [-0.4, -0.2) is 28.2 Å². The third-order valence-corrected chi connectivity index (χ3v) is 5.05. The third-order valence-electron chi connectivity index (χ3n) is 5.05. The molecule has 1 aliphatic rings. The van der Waals surface area contributed by atoms with Gasteiger partial charge in [0, 0.05) is 17.0 Å². The molecule has 1 aliphatic carbocycles. The summed E-state index contributed by atoms with van der Waals surface area (Å²) in [6.07, 6.45) is 2.40. The van der Waals surface area contributed by atoms with Crippen LogP contribution in [0.1, 0.15) is 40.5 Å². The number of fused-ring (bicyclic) bond motifs is 1. The molecule has 0 bridgehead atoms. The fourth-order valence-corrected chi connectivity index (χ4v) is 3.28. The number of H-pyrrole nitrogens is 1. The second-order valence-electron chi connectivity index (χ2n) is 7.21. The van der Waals surface area contributed by atoms with Gasteiger partial charge in [0.2, 0.25) is 5.89 Å². The average Bonchev–Trinajstić information content (AvgIpc) is 3.34. The molecule has 1 saturated carbocycles. The number of nitrogens with one attached hydrogen (secondary N) is 2. The number of hydrogen-bond acceptors (Lipinski definition) is 5. The molecule has 2 aromatic heterocycles. The second-order valence-corrected chi connectivity index (χ2v) is 7.21. The first kappa shape index (κ1) is 17.5. The first-order valence-corrected chi connectivity index (χ1v) is 9.57. The van der Waals surface area contributed by atoms with Gasteiger partial charge in [-0.3, -0.25) is 9.89 Å². The van der Waals surface area contributed by atoms with E-state index in [0.29, 0.717) is 35.0 Å². The van der Waals surface area contributed by atoms with Crippen LogP contribution >= 0.6 is 0 Å². The standard InChI is InChI=1S/C22H20N4O3/c1-28-17-4-2-3-15(9-17)22-24-18-8-7-14(10-20(18)29-22)21(27)23-12-16-11-19(26-25-16)13-5-6-13/h2-4,7-11,13H,5-6,12H2,1H3,(H,23,27)(H,25,26). The van der Waals surface area contributed by atoms with E-state index in [9.17, 15) is 4.79 Å². The summed E-state index contributed by atoms with van der Waals surface area (Å²) in [5.74, 6) is 1.63. The fraction of sp³-hybridized carbons (Fsp3) is 0.227. The van der Waals surface area contributed by atoms with E-state index in [1.54, 1.807) is 25.3 Å². The molecule has 0 saturated heterocycles. The van der Waals surface area contributed by atoms with Crippen LogP contribution in [-0.2, 0) is 6.54 Å². The molecule has 2 N–H and O–H groups in total. The lowest BCUT2D eigenvalue weighted by Crippen LogP contribution is -2.22. The van der Waals surface area contributed by atoms with E-state index in [-0.39, 0.29) is 5.91 Å². The number of amides is 1. The average molecular weight is 388 g/mol. The highest BCUT2D eigenvalue weighted by Crippen LogP contribution is 2.39. The van der Waals surface area contributed by atoms with Crippen molar-refractivity contribution in [3.63, 3.8) is 0 Å². The van der Waals surface area contributed by atoms with E-state index >= 15 is 0 Å². The van der Waals surface area contributed by atoms with E-state index in [1.807, 2.05) is 30.3 Å². The Balaban J connectivity index is 1.32. The van der Waals surface area contributed by atoms with Crippen molar-refractivity contribution < 1.29 is 13.9 Å². The molecule has 0 radical (unpaired) electrons. The lowest BCUT2D eigenvalue weighted by Gasteiger charge is -2.03. The summed E-state index contributed by atoms with van der Waals surface area (Å²) in [7, 11) is 1.62. The van der Waals surface area contributed by atoms with Gasteiger partial charge in [0.25, 0.3) is 5.91 Å². The highest BCUT2D eigenvalue weighted by molar-refractivity contribution is 5.97. The number of aromatic amines is 1. The van der Waals surface area contributed by atoms with Gasteiger partial charge in [0.15, 0.2) is 5.58 Å². The number of carbonyl (C=O) groups excluding carboxylic acids is 1. The Bertz CT molecular complexity index is 1190. The Morgan fingerprint density at radius 3 is 2.97 bits per heavy atom. The summed E-state index contributed by atoms with van der Waals surface area (Å²) in [5, 5.41) is 10.2. The molecule has 7 heteroatoms. The van der Waals surface area contributed by atoms with Crippen molar-refractivity contribution in [2.24, 2.45) is 0 Å². The summed E-state index contributed by atoms with van der Waals surface area (Å²) < 4.78 is 11.1. The van der Waals surface area contributed by atoms with Gasteiger partial charge in [-0.2, -0.15) is 5.10 Å². The molecule has 0 atom stereocenters. The normalized spacial score (nSPS) is 13.6. The summed E-state index contributed by atoms with van der Waals surface area (Å²) >= 11 is 0. The van der Waals surface area contributed by atoms with Gasteiger partial charge in [-0.1, -0.05) is 6.07 Å². The highest BCUT2D eigenvalue weighted by Gasteiger charge is 2.26. The number of rotatable bonds is 6. The van der Waals surface area contributed by atoms with Gasteiger partial charge < -0.3 is 14.5 Å². The zero-order valence-electron chi connectivity index (χ0n) is 15.9. The predicted molar refractivity (Wildman–Crippen MR) is 108 cm³/mol. The number of hydrogen-bond donors (Lipinski definition) is 2. The number of methoxy groups -OCH3 is 1. The van der Waals surface area contributed by atoms with E-state index in [4.69, 9.17) is 9.15 Å². The van der Waals surface area contributed by atoms with Gasteiger partial charge >= 0.3 is 0 Å². The van der Waals surface area contributed by atoms with E-state index in [1.165, 1.54) is 12.8 Å². The van der Waals surface area contributed by atoms with Crippen molar-refractivity contribution in [1.82, 2.24) is 20.5 Å². The van der Waals surface area contributed by atoms with Crippen molar-refractivity contribution in [3.05, 3.63) is 65.5 Å². The van der Waals surface area contributed by atoms with Gasteiger partial charge in [0.05, 0.1) is 25.0 Å². The number of carbonyl (C=O) groups is 1. The SMILES string of the molecule is COc1cccc(-c2nc3ccc(C(=O)NCc4cc(C5CC5)n[nH]4)cc3o2)c1. The van der Waals surface area contributed by atoms with Crippen LogP contribution in [0, 0.1) is 0 Å². The molecular weight excluding hydrogens is 368 g/mol. The largest absolute Gasteiger partial charge is 0.497 e. The maximum Gasteiger partial charge on any atom is 0.251 e. The Morgan fingerprint density at radius 2 is 2.14 bits per heavy atom. The van der Waals surface area contributed by atoms with Gasteiger partial charge in [-0.05, 0) is 55.3 Å². The molecule has 29 heavy (non-hydrogen) atoms. The minimum absolute atomic E-state index is 0.172. The first-order valence-electron chi connectivity index (χ1n) is 9.57. The molecule has 2 aromatic carbocycles. The van der Waals surface area contributed by atoms with Crippen molar-refractivity contribution in [1.29, 1.82) is 0 Å². The summed E-state index contributed by atoms with van der Waals surface area (Å²) in [4.78, 5) is 17.1. The predicted octanol–water partition coefficient (Wildman–Crippen LogP) is 4.03. The van der Waals surface area contributed by atoms with Gasteiger partial charge in [-0.15, -0.1) is 0 Å². The number of nitrogens with zero attached hydrogens (tertiary/aromatic N) is 2. The van der Waals surface area contributed by atoms with E-state index < -0.39 is 0 Å². The van der Waals surface area contributed by atoms with Crippen molar-refractivity contribution in [3.8, 4) is 17.2 Å². The minimum Gasteiger partial charge on any atom is -0.497 e. The smallest absolute Gasteiger partial charge is 0.251 e. The van der Waals surface area contributed by atoms with Crippen LogP contribution in [0.3, 0.4) is 0 Å². The molecule has 0 spiro atoms. The molecule has 0 aliphatic heterocycles. The number of oxazole rings is 1. The highest BCUT2D eigenvalue weighted by atomic mass is 16.5. The number of aromatic nitrogens is 3. The minimum atomic E-state index is -0.172. The third kappa shape index (κ3) is 3.59. The fourth-order valence-electron chi connectivity index (χ4n) is 3.28. The topological polar surface area (TPSA) is 93.0 Å². The summed E-state index contributed by atoms with van der Waals surface area (Å²) in [6, 6.07) is 14.8. The molecule has 4 aromatic rings. The number of benzene rings is 2. The van der Waals surface area contributed by atoms with Crippen LogP contribution in [0.25, 0.3) is 22.6 Å². The monoisotopic (exact) mass is 388 g/mol. The van der Waals surface area contributed by atoms with Crippen LogP contribution in [0.15, 0.2) is 52.9 Å². The van der Waals surface area contributed by atoms with Crippen LogP contribution < -0.4 is 10.1 Å². The molecular formula is C22H20N4O3.